The lowest BCUT2D eigenvalue weighted by Gasteiger charge is -2.02. The molecule has 1 amide bonds. The molecule has 0 aliphatic carbocycles. The van der Waals surface area contributed by atoms with E-state index in [2.05, 4.69) is 5.32 Å². The predicted octanol–water partition coefficient (Wildman–Crippen LogP) is 2.66. The van der Waals surface area contributed by atoms with Gasteiger partial charge in [0.1, 0.15) is 0 Å². The summed E-state index contributed by atoms with van der Waals surface area (Å²) in [4.78, 5) is 21.8. The average molecular weight is 300 g/mol. The molecular formula is C15H12N2O5. The second-order valence-electron chi connectivity index (χ2n) is 4.38. The number of amides is 1. The Morgan fingerprint density at radius 1 is 1.14 bits per heavy atom. The van der Waals surface area contributed by atoms with Crippen LogP contribution < -0.4 is 5.32 Å². The smallest absolute Gasteiger partial charge is 0.271 e. The molecule has 2 aromatic rings. The summed E-state index contributed by atoms with van der Waals surface area (Å²) in [5.74, 6) is -1.02. The Kier molecular flexibility index (Phi) is 4.38. The summed E-state index contributed by atoms with van der Waals surface area (Å²) in [6.07, 6.45) is 2.65. The normalized spacial score (nSPS) is 10.5. The van der Waals surface area contributed by atoms with Crippen LogP contribution in [-0.2, 0) is 4.79 Å². The van der Waals surface area contributed by atoms with Crippen molar-refractivity contribution in [1.82, 2.24) is 0 Å². The molecule has 0 atom stereocenters. The standard InChI is InChI=1S/C15H12N2O5/c18-13-6-4-10(8-14(13)19)5-7-15(20)16-11-2-1-3-12(9-11)17(21)22/h1-9,18-19H,(H,16,20)/b7-5+. The highest BCUT2D eigenvalue weighted by molar-refractivity contribution is 6.02. The number of non-ortho nitro benzene ring substituents is 1. The predicted molar refractivity (Wildman–Crippen MR) is 80.5 cm³/mol. The van der Waals surface area contributed by atoms with Gasteiger partial charge in [-0.2, -0.15) is 0 Å². The van der Waals surface area contributed by atoms with Crippen molar-refractivity contribution in [3.05, 3.63) is 64.2 Å². The SMILES string of the molecule is O=C(/C=C/c1ccc(O)c(O)c1)Nc1cccc([N+](=O)[O-])c1. The largest absolute Gasteiger partial charge is 0.504 e. The highest BCUT2D eigenvalue weighted by atomic mass is 16.6. The third-order valence-electron chi connectivity index (χ3n) is 2.75. The minimum Gasteiger partial charge on any atom is -0.504 e. The fourth-order valence-corrected chi connectivity index (χ4v) is 1.70. The molecule has 3 N–H and O–H groups in total. The number of carbonyl (C=O) groups excluding carboxylic acids is 1. The van der Waals surface area contributed by atoms with Crippen LogP contribution in [0.5, 0.6) is 11.5 Å². The summed E-state index contributed by atoms with van der Waals surface area (Å²) in [5, 5.41) is 31.6. The van der Waals surface area contributed by atoms with Crippen molar-refractivity contribution in [2.45, 2.75) is 0 Å². The Bertz CT molecular complexity index is 755. The maximum atomic E-state index is 11.7. The Morgan fingerprint density at radius 2 is 1.91 bits per heavy atom. The summed E-state index contributed by atoms with van der Waals surface area (Å²) in [6, 6.07) is 9.69. The van der Waals surface area contributed by atoms with E-state index in [1.807, 2.05) is 0 Å². The molecule has 0 aromatic heterocycles. The van der Waals surface area contributed by atoms with Gasteiger partial charge in [0, 0.05) is 23.9 Å². The number of nitrogens with zero attached hydrogens (tertiary/aromatic N) is 1. The van der Waals surface area contributed by atoms with Crippen molar-refractivity contribution in [1.29, 1.82) is 0 Å². The van der Waals surface area contributed by atoms with Crippen molar-refractivity contribution in [3.63, 3.8) is 0 Å². The number of phenolic OH excluding ortho intramolecular Hbond substituents is 2. The topological polar surface area (TPSA) is 113 Å². The van der Waals surface area contributed by atoms with E-state index in [1.54, 1.807) is 0 Å². The van der Waals surface area contributed by atoms with Crippen LogP contribution in [-0.4, -0.2) is 21.0 Å². The number of hydrogen-bond donors (Lipinski definition) is 3. The van der Waals surface area contributed by atoms with Crippen molar-refractivity contribution in [2.75, 3.05) is 5.32 Å². The maximum Gasteiger partial charge on any atom is 0.271 e. The summed E-state index contributed by atoms with van der Waals surface area (Å²) in [6.45, 7) is 0. The maximum absolute atomic E-state index is 11.7. The van der Waals surface area contributed by atoms with Gasteiger partial charge in [-0.15, -0.1) is 0 Å². The lowest BCUT2D eigenvalue weighted by atomic mass is 10.2. The average Bonchev–Trinajstić information content (AvgIpc) is 2.49. The highest BCUT2D eigenvalue weighted by Gasteiger charge is 2.06. The molecule has 0 saturated carbocycles. The van der Waals surface area contributed by atoms with Gasteiger partial charge in [0.2, 0.25) is 5.91 Å². The Balaban J connectivity index is 2.06. The van der Waals surface area contributed by atoms with E-state index < -0.39 is 10.8 Å². The number of nitro benzene ring substituents is 1. The molecule has 0 spiro atoms. The molecular weight excluding hydrogens is 288 g/mol. The first kappa shape index (κ1) is 15.0. The molecule has 0 heterocycles. The molecule has 0 aliphatic heterocycles. The molecule has 7 nitrogen and oxygen atoms in total. The third-order valence-corrected chi connectivity index (χ3v) is 2.75. The Labute approximate surface area is 125 Å². The van der Waals surface area contributed by atoms with E-state index in [0.29, 0.717) is 11.3 Å². The van der Waals surface area contributed by atoms with Gasteiger partial charge in [0.15, 0.2) is 11.5 Å². The number of benzene rings is 2. The number of carbonyl (C=O) groups is 1. The van der Waals surface area contributed by atoms with E-state index in [1.165, 1.54) is 54.6 Å². The monoisotopic (exact) mass is 300 g/mol. The van der Waals surface area contributed by atoms with Gasteiger partial charge >= 0.3 is 0 Å². The van der Waals surface area contributed by atoms with Gasteiger partial charge in [-0.05, 0) is 29.8 Å². The summed E-state index contributed by atoms with van der Waals surface area (Å²) in [5.41, 5.74) is 0.701. The first-order valence-corrected chi connectivity index (χ1v) is 6.21. The van der Waals surface area contributed by atoms with Crippen LogP contribution in [0.1, 0.15) is 5.56 Å². The van der Waals surface area contributed by atoms with Gasteiger partial charge in [-0.1, -0.05) is 12.1 Å². The van der Waals surface area contributed by atoms with Gasteiger partial charge < -0.3 is 15.5 Å². The summed E-state index contributed by atoms with van der Waals surface area (Å²) in [7, 11) is 0. The highest BCUT2D eigenvalue weighted by Crippen LogP contribution is 2.25. The van der Waals surface area contributed by atoms with Gasteiger partial charge in [-0.25, -0.2) is 0 Å². The van der Waals surface area contributed by atoms with Crippen molar-refractivity contribution >= 4 is 23.4 Å². The molecule has 0 bridgehead atoms. The summed E-state index contributed by atoms with van der Waals surface area (Å²) < 4.78 is 0. The van der Waals surface area contributed by atoms with Crippen molar-refractivity contribution in [3.8, 4) is 11.5 Å². The van der Waals surface area contributed by atoms with Crippen LogP contribution in [0.4, 0.5) is 11.4 Å². The minimum absolute atomic E-state index is 0.120. The van der Waals surface area contributed by atoms with Crippen LogP contribution in [0, 0.1) is 10.1 Å². The number of nitro groups is 1. The number of anilines is 1. The molecule has 22 heavy (non-hydrogen) atoms. The molecule has 2 aromatic carbocycles. The lowest BCUT2D eigenvalue weighted by molar-refractivity contribution is -0.384. The van der Waals surface area contributed by atoms with Crippen molar-refractivity contribution in [2.24, 2.45) is 0 Å². The summed E-state index contributed by atoms with van der Waals surface area (Å²) >= 11 is 0. The molecule has 0 radical (unpaired) electrons. The molecule has 0 aliphatic rings. The van der Waals surface area contributed by atoms with Crippen molar-refractivity contribution < 1.29 is 19.9 Å². The molecule has 0 fully saturated rings. The molecule has 0 saturated heterocycles. The van der Waals surface area contributed by atoms with E-state index in [4.69, 9.17) is 0 Å². The fraction of sp³-hybridized carbons (Fsp3) is 0. The first-order chi connectivity index (χ1) is 10.5. The van der Waals surface area contributed by atoms with Crippen LogP contribution in [0.25, 0.3) is 6.08 Å². The van der Waals surface area contributed by atoms with E-state index in [0.717, 1.165) is 0 Å². The molecule has 2 rings (SSSR count). The van der Waals surface area contributed by atoms with E-state index >= 15 is 0 Å². The third kappa shape index (κ3) is 3.83. The van der Waals surface area contributed by atoms with E-state index in [-0.39, 0.29) is 17.2 Å². The second-order valence-corrected chi connectivity index (χ2v) is 4.38. The number of rotatable bonds is 4. The van der Waals surface area contributed by atoms with Crippen LogP contribution in [0.2, 0.25) is 0 Å². The number of hydrogen-bond acceptors (Lipinski definition) is 5. The van der Waals surface area contributed by atoms with E-state index in [9.17, 15) is 25.1 Å². The molecule has 0 unspecified atom stereocenters. The quantitative estimate of drug-likeness (QED) is 0.348. The van der Waals surface area contributed by atoms with Crippen LogP contribution in [0.15, 0.2) is 48.5 Å². The van der Waals surface area contributed by atoms with Gasteiger partial charge in [0.25, 0.3) is 5.69 Å². The Morgan fingerprint density at radius 3 is 2.59 bits per heavy atom. The van der Waals surface area contributed by atoms with Gasteiger partial charge in [0.05, 0.1) is 4.92 Å². The fourth-order valence-electron chi connectivity index (χ4n) is 1.70. The minimum atomic E-state index is -0.551. The zero-order chi connectivity index (χ0) is 16.1. The first-order valence-electron chi connectivity index (χ1n) is 6.21. The molecule has 7 heteroatoms. The van der Waals surface area contributed by atoms with Gasteiger partial charge in [-0.3, -0.25) is 14.9 Å². The zero-order valence-corrected chi connectivity index (χ0v) is 11.3. The Hall–Kier alpha value is -3.35. The molecule has 112 valence electrons. The van der Waals surface area contributed by atoms with Crippen LogP contribution >= 0.6 is 0 Å². The number of nitrogens with one attached hydrogen (secondary N) is 1. The second kappa shape index (κ2) is 6.40. The zero-order valence-electron chi connectivity index (χ0n) is 11.3. The number of aromatic hydroxyl groups is 2. The number of phenols is 2. The van der Waals surface area contributed by atoms with Crippen LogP contribution in [0.3, 0.4) is 0 Å². The lowest BCUT2D eigenvalue weighted by Crippen LogP contribution is -2.07.